The number of benzene rings is 1. The predicted octanol–water partition coefficient (Wildman–Crippen LogP) is 4.26. The SMILES string of the molecule is CN=C(NCc1ncc(C)s1)NCc1cccnc1Oc1cccc(F)c1.I. The van der Waals surface area contributed by atoms with Gasteiger partial charge in [-0.1, -0.05) is 12.1 Å². The second-order valence-corrected chi connectivity index (χ2v) is 6.99. The fraction of sp³-hybridized carbons (Fsp3) is 0.211. The molecule has 6 nitrogen and oxygen atoms in total. The molecule has 0 saturated carbocycles. The van der Waals surface area contributed by atoms with Gasteiger partial charge < -0.3 is 15.4 Å². The molecule has 0 radical (unpaired) electrons. The number of hydrogen-bond donors (Lipinski definition) is 2. The molecule has 0 aliphatic heterocycles. The normalized spacial score (nSPS) is 10.9. The summed E-state index contributed by atoms with van der Waals surface area (Å²) in [6.45, 7) is 3.07. The van der Waals surface area contributed by atoms with Crippen molar-refractivity contribution in [3.63, 3.8) is 0 Å². The summed E-state index contributed by atoms with van der Waals surface area (Å²) in [5.41, 5.74) is 0.829. The molecule has 9 heteroatoms. The zero-order valence-corrected chi connectivity index (χ0v) is 18.6. The lowest BCUT2D eigenvalue weighted by molar-refractivity contribution is 0.450. The summed E-state index contributed by atoms with van der Waals surface area (Å²) in [6.07, 6.45) is 3.49. The summed E-state index contributed by atoms with van der Waals surface area (Å²) < 4.78 is 19.1. The molecular formula is C19H21FIN5OS. The van der Waals surface area contributed by atoms with Crippen LogP contribution < -0.4 is 15.4 Å². The Morgan fingerprint density at radius 2 is 2.00 bits per heavy atom. The van der Waals surface area contributed by atoms with E-state index in [1.165, 1.54) is 17.0 Å². The number of rotatable bonds is 6. The van der Waals surface area contributed by atoms with E-state index in [0.717, 1.165) is 10.6 Å². The summed E-state index contributed by atoms with van der Waals surface area (Å²) in [4.78, 5) is 14.0. The Hall–Kier alpha value is -2.27. The maximum atomic E-state index is 13.4. The lowest BCUT2D eigenvalue weighted by atomic mass is 10.2. The number of nitrogens with one attached hydrogen (secondary N) is 2. The van der Waals surface area contributed by atoms with Crippen molar-refractivity contribution in [2.24, 2.45) is 4.99 Å². The minimum atomic E-state index is -0.356. The number of hydrogen-bond acceptors (Lipinski definition) is 5. The van der Waals surface area contributed by atoms with Gasteiger partial charge in [0.15, 0.2) is 5.96 Å². The van der Waals surface area contributed by atoms with Crippen LogP contribution in [0, 0.1) is 12.7 Å². The van der Waals surface area contributed by atoms with Crippen molar-refractivity contribution in [3.05, 3.63) is 70.1 Å². The monoisotopic (exact) mass is 513 g/mol. The third-order valence-electron chi connectivity index (χ3n) is 3.61. The Labute approximate surface area is 184 Å². The van der Waals surface area contributed by atoms with Crippen molar-refractivity contribution in [2.75, 3.05) is 7.05 Å². The van der Waals surface area contributed by atoms with E-state index in [1.54, 1.807) is 36.7 Å². The average molecular weight is 513 g/mol. The van der Waals surface area contributed by atoms with Gasteiger partial charge in [-0.2, -0.15) is 0 Å². The molecule has 1 aromatic carbocycles. The Morgan fingerprint density at radius 3 is 2.71 bits per heavy atom. The molecule has 0 spiro atoms. The highest BCUT2D eigenvalue weighted by atomic mass is 127. The van der Waals surface area contributed by atoms with E-state index in [1.807, 2.05) is 25.3 Å². The van der Waals surface area contributed by atoms with E-state index in [4.69, 9.17) is 4.74 Å². The summed E-state index contributed by atoms with van der Waals surface area (Å²) in [6, 6.07) is 9.69. The maximum absolute atomic E-state index is 13.4. The zero-order valence-electron chi connectivity index (χ0n) is 15.5. The van der Waals surface area contributed by atoms with Crippen molar-refractivity contribution in [1.29, 1.82) is 0 Å². The van der Waals surface area contributed by atoms with E-state index < -0.39 is 0 Å². The molecule has 3 rings (SSSR count). The first-order chi connectivity index (χ1) is 13.1. The minimum absolute atomic E-state index is 0. The molecule has 3 aromatic rings. The quantitative estimate of drug-likeness (QED) is 0.293. The molecule has 2 N–H and O–H groups in total. The van der Waals surface area contributed by atoms with E-state index in [-0.39, 0.29) is 29.8 Å². The maximum Gasteiger partial charge on any atom is 0.224 e. The van der Waals surface area contributed by atoms with Crippen LogP contribution in [0.4, 0.5) is 4.39 Å². The second kappa shape index (κ2) is 10.9. The molecule has 0 unspecified atom stereocenters. The molecular weight excluding hydrogens is 492 g/mol. The van der Waals surface area contributed by atoms with E-state index in [9.17, 15) is 4.39 Å². The molecule has 2 aromatic heterocycles. The van der Waals surface area contributed by atoms with Crippen LogP contribution in [0.2, 0.25) is 0 Å². The number of aryl methyl sites for hydroxylation is 1. The highest BCUT2D eigenvalue weighted by Gasteiger charge is 2.08. The van der Waals surface area contributed by atoms with Crippen LogP contribution in [-0.4, -0.2) is 23.0 Å². The zero-order chi connectivity index (χ0) is 19.1. The van der Waals surface area contributed by atoms with Gasteiger partial charge in [-0.15, -0.1) is 35.3 Å². The molecule has 0 aliphatic carbocycles. The van der Waals surface area contributed by atoms with Gasteiger partial charge in [-0.3, -0.25) is 4.99 Å². The first-order valence-corrected chi connectivity index (χ1v) is 9.19. The van der Waals surface area contributed by atoms with Crippen molar-refractivity contribution >= 4 is 41.3 Å². The van der Waals surface area contributed by atoms with Crippen LogP contribution in [0.3, 0.4) is 0 Å². The number of guanidine groups is 1. The first-order valence-electron chi connectivity index (χ1n) is 8.37. The Morgan fingerprint density at radius 1 is 1.18 bits per heavy atom. The number of halogens is 2. The summed E-state index contributed by atoms with van der Waals surface area (Å²) in [5.74, 6) is 1.10. The number of aromatic nitrogens is 2. The van der Waals surface area contributed by atoms with Crippen molar-refractivity contribution in [3.8, 4) is 11.6 Å². The van der Waals surface area contributed by atoms with E-state index in [2.05, 4.69) is 25.6 Å². The fourth-order valence-electron chi connectivity index (χ4n) is 2.33. The van der Waals surface area contributed by atoms with Crippen molar-refractivity contribution in [2.45, 2.75) is 20.0 Å². The first kappa shape index (κ1) is 22.0. The van der Waals surface area contributed by atoms with Crippen molar-refractivity contribution < 1.29 is 9.13 Å². The Kier molecular flexibility index (Phi) is 8.58. The van der Waals surface area contributed by atoms with Crippen LogP contribution in [0.25, 0.3) is 0 Å². The van der Waals surface area contributed by atoms with Crippen LogP contribution in [0.1, 0.15) is 15.4 Å². The predicted molar refractivity (Wildman–Crippen MR) is 120 cm³/mol. The van der Waals surface area contributed by atoms with Gasteiger partial charge in [0, 0.05) is 42.5 Å². The second-order valence-electron chi connectivity index (χ2n) is 5.67. The van der Waals surface area contributed by atoms with Crippen LogP contribution in [0.5, 0.6) is 11.6 Å². The number of aliphatic imine (C=N–C) groups is 1. The van der Waals surface area contributed by atoms with Crippen molar-refractivity contribution in [1.82, 2.24) is 20.6 Å². The van der Waals surface area contributed by atoms with Gasteiger partial charge in [0.1, 0.15) is 16.6 Å². The molecule has 0 saturated heterocycles. The minimum Gasteiger partial charge on any atom is -0.439 e. The molecule has 0 fully saturated rings. The lowest BCUT2D eigenvalue weighted by Crippen LogP contribution is -2.36. The van der Waals surface area contributed by atoms with E-state index in [0.29, 0.717) is 30.7 Å². The Balaban J connectivity index is 0.00000280. The average Bonchev–Trinajstić information content (AvgIpc) is 3.08. The molecule has 0 bridgehead atoms. The van der Waals surface area contributed by atoms with Crippen LogP contribution in [0.15, 0.2) is 53.8 Å². The molecule has 148 valence electrons. The largest absolute Gasteiger partial charge is 0.439 e. The van der Waals surface area contributed by atoms with Crippen LogP contribution >= 0.6 is 35.3 Å². The van der Waals surface area contributed by atoms with Gasteiger partial charge in [0.05, 0.1) is 6.54 Å². The summed E-state index contributed by atoms with van der Waals surface area (Å²) in [5, 5.41) is 7.44. The van der Waals surface area contributed by atoms with Gasteiger partial charge in [0.25, 0.3) is 0 Å². The molecule has 0 atom stereocenters. The highest BCUT2D eigenvalue weighted by Crippen LogP contribution is 2.23. The third kappa shape index (κ3) is 6.41. The standard InChI is InChI=1S/C19H20FN5OS.HI/c1-13-10-23-17(27-13)12-25-19(21-2)24-11-14-5-4-8-22-18(14)26-16-7-3-6-15(20)9-16;/h3-10H,11-12H2,1-2H3,(H2,21,24,25);1H. The van der Waals surface area contributed by atoms with Crippen LogP contribution in [-0.2, 0) is 13.1 Å². The van der Waals surface area contributed by atoms with Gasteiger partial charge in [-0.05, 0) is 25.1 Å². The fourth-order valence-corrected chi connectivity index (χ4v) is 3.06. The molecule has 0 amide bonds. The number of pyridine rings is 1. The number of ether oxygens (including phenoxy) is 1. The smallest absolute Gasteiger partial charge is 0.224 e. The third-order valence-corrected chi connectivity index (χ3v) is 4.52. The van der Waals surface area contributed by atoms with Gasteiger partial charge >= 0.3 is 0 Å². The number of nitrogens with zero attached hydrogens (tertiary/aromatic N) is 3. The topological polar surface area (TPSA) is 71.4 Å². The molecule has 28 heavy (non-hydrogen) atoms. The number of thiazole rings is 1. The lowest BCUT2D eigenvalue weighted by Gasteiger charge is -2.13. The van der Waals surface area contributed by atoms with Gasteiger partial charge in [0.2, 0.25) is 5.88 Å². The highest BCUT2D eigenvalue weighted by molar-refractivity contribution is 14.0. The molecule has 2 heterocycles. The summed E-state index contributed by atoms with van der Waals surface area (Å²) >= 11 is 1.64. The van der Waals surface area contributed by atoms with E-state index >= 15 is 0 Å². The molecule has 0 aliphatic rings. The summed E-state index contributed by atoms with van der Waals surface area (Å²) in [7, 11) is 1.70. The Bertz CT molecular complexity index is 934. The van der Waals surface area contributed by atoms with Gasteiger partial charge in [-0.25, -0.2) is 14.4 Å².